The maximum atomic E-state index is 12.0. The summed E-state index contributed by atoms with van der Waals surface area (Å²) in [4.78, 5) is 14.1. The van der Waals surface area contributed by atoms with Crippen molar-refractivity contribution in [2.45, 2.75) is 38.8 Å². The van der Waals surface area contributed by atoms with E-state index >= 15 is 0 Å². The molecule has 1 saturated heterocycles. The number of hydrogen-bond donors (Lipinski definition) is 1. The van der Waals surface area contributed by atoms with Crippen molar-refractivity contribution in [2.24, 2.45) is 0 Å². The zero-order valence-electron chi connectivity index (χ0n) is 16.4. The van der Waals surface area contributed by atoms with Crippen molar-refractivity contribution in [1.82, 2.24) is 5.32 Å². The third-order valence-electron chi connectivity index (χ3n) is 4.32. The topological polar surface area (TPSA) is 74.6 Å². The van der Waals surface area contributed by atoms with E-state index in [2.05, 4.69) is 16.3 Å². The fourth-order valence-electron chi connectivity index (χ4n) is 3.14. The van der Waals surface area contributed by atoms with Gasteiger partial charge in [0.1, 0.15) is 23.2 Å². The monoisotopic (exact) mass is 379 g/mol. The molecule has 6 heteroatoms. The molecule has 3 rings (SSSR count). The minimum atomic E-state index is -0.523. The maximum Gasteiger partial charge on any atom is 0.407 e. The van der Waals surface area contributed by atoms with Crippen LogP contribution in [0.2, 0.25) is 0 Å². The molecule has 0 bridgehead atoms. The third kappa shape index (κ3) is 5.17. The fraction of sp³-hybridized carbons (Fsp3) is 0.364. The molecular formula is C22H25N3O3. The molecular weight excluding hydrogens is 354 g/mol. The van der Waals surface area contributed by atoms with Crippen LogP contribution >= 0.6 is 0 Å². The lowest BCUT2D eigenvalue weighted by molar-refractivity contribution is 0.0509. The number of carbonyl (C=O) groups is 1. The highest BCUT2D eigenvalue weighted by Crippen LogP contribution is 2.30. The van der Waals surface area contributed by atoms with E-state index in [-0.39, 0.29) is 6.04 Å². The number of nitrogens with zero attached hydrogens (tertiary/aromatic N) is 2. The molecule has 1 aliphatic heterocycles. The van der Waals surface area contributed by atoms with Gasteiger partial charge in [0.15, 0.2) is 0 Å². The number of nitriles is 1. The summed E-state index contributed by atoms with van der Waals surface area (Å²) in [5, 5.41) is 12.5. The smallest absolute Gasteiger partial charge is 0.407 e. The lowest BCUT2D eigenvalue weighted by Crippen LogP contribution is -2.40. The van der Waals surface area contributed by atoms with E-state index < -0.39 is 11.7 Å². The Hall–Kier alpha value is -3.20. The molecule has 1 amide bonds. The third-order valence-corrected chi connectivity index (χ3v) is 4.32. The first-order valence-electron chi connectivity index (χ1n) is 9.35. The van der Waals surface area contributed by atoms with E-state index in [0.717, 1.165) is 24.4 Å². The average Bonchev–Trinajstić information content (AvgIpc) is 3.09. The van der Waals surface area contributed by atoms with Gasteiger partial charge in [0.25, 0.3) is 0 Å². The zero-order chi connectivity index (χ0) is 20.1. The van der Waals surface area contributed by atoms with E-state index in [0.29, 0.717) is 17.9 Å². The summed E-state index contributed by atoms with van der Waals surface area (Å²) in [6.07, 6.45) is 0.387. The molecule has 0 aliphatic carbocycles. The molecule has 1 atom stereocenters. The Bertz CT molecular complexity index is 869. The van der Waals surface area contributed by atoms with E-state index in [4.69, 9.17) is 9.47 Å². The van der Waals surface area contributed by atoms with Crippen molar-refractivity contribution >= 4 is 11.8 Å². The number of nitrogens with one attached hydrogen (secondary N) is 1. The second-order valence-electron chi connectivity index (χ2n) is 7.78. The first-order valence-corrected chi connectivity index (χ1v) is 9.35. The molecule has 0 saturated carbocycles. The first kappa shape index (κ1) is 19.6. The van der Waals surface area contributed by atoms with Gasteiger partial charge < -0.3 is 19.7 Å². The summed E-state index contributed by atoms with van der Waals surface area (Å²) in [5.41, 5.74) is 0.869. The highest BCUT2D eigenvalue weighted by molar-refractivity contribution is 5.69. The van der Waals surface area contributed by atoms with Gasteiger partial charge in [0.2, 0.25) is 0 Å². The van der Waals surface area contributed by atoms with Crippen LogP contribution in [0.25, 0.3) is 0 Å². The molecule has 2 aromatic rings. The largest absolute Gasteiger partial charge is 0.457 e. The lowest BCUT2D eigenvalue weighted by Gasteiger charge is -2.23. The number of rotatable bonds is 4. The molecule has 1 heterocycles. The van der Waals surface area contributed by atoms with Crippen LogP contribution in [0, 0.1) is 11.3 Å². The van der Waals surface area contributed by atoms with Gasteiger partial charge in [-0.2, -0.15) is 5.26 Å². The Kier molecular flexibility index (Phi) is 5.74. The standard InChI is InChI=1S/C22H25N3O3/c1-22(2,3)28-21(26)24-17-11-12-25(15-17)20-10-9-19(13-16(20)14-23)27-18-7-5-4-6-8-18/h4-10,13,17H,11-12,15H2,1-3H3,(H,24,26)/t17-/m0/s1. The average molecular weight is 379 g/mol. The summed E-state index contributed by atoms with van der Waals surface area (Å²) >= 11 is 0. The van der Waals surface area contributed by atoms with Gasteiger partial charge in [-0.25, -0.2) is 4.79 Å². The number of ether oxygens (including phenoxy) is 2. The minimum absolute atomic E-state index is 0.0124. The van der Waals surface area contributed by atoms with Crippen LogP contribution in [-0.4, -0.2) is 30.8 Å². The molecule has 0 radical (unpaired) electrons. The zero-order valence-corrected chi connectivity index (χ0v) is 16.4. The van der Waals surface area contributed by atoms with Gasteiger partial charge >= 0.3 is 6.09 Å². The molecule has 1 fully saturated rings. The number of benzene rings is 2. The quantitative estimate of drug-likeness (QED) is 0.849. The molecule has 0 spiro atoms. The van der Waals surface area contributed by atoms with E-state index in [1.165, 1.54) is 0 Å². The minimum Gasteiger partial charge on any atom is -0.457 e. The highest BCUT2D eigenvalue weighted by atomic mass is 16.6. The maximum absolute atomic E-state index is 12.0. The second kappa shape index (κ2) is 8.22. The predicted octanol–water partition coefficient (Wildman–Crippen LogP) is 4.45. The van der Waals surface area contributed by atoms with E-state index in [1.54, 1.807) is 6.07 Å². The summed E-state index contributed by atoms with van der Waals surface area (Å²) in [6.45, 7) is 6.91. The fourth-order valence-corrected chi connectivity index (χ4v) is 3.14. The van der Waals surface area contributed by atoms with Crippen LogP contribution in [0.5, 0.6) is 11.5 Å². The summed E-state index contributed by atoms with van der Waals surface area (Å²) in [6, 6.07) is 17.2. The Morgan fingerprint density at radius 3 is 2.61 bits per heavy atom. The summed E-state index contributed by atoms with van der Waals surface area (Å²) < 4.78 is 11.1. The van der Waals surface area contributed by atoms with Crippen molar-refractivity contribution in [3.8, 4) is 17.6 Å². The van der Waals surface area contributed by atoms with Gasteiger partial charge in [-0.1, -0.05) is 18.2 Å². The number of anilines is 1. The van der Waals surface area contributed by atoms with Crippen LogP contribution in [0.3, 0.4) is 0 Å². The Labute approximate surface area is 165 Å². The first-order chi connectivity index (χ1) is 13.3. The summed E-state index contributed by atoms with van der Waals surface area (Å²) in [5.74, 6) is 1.34. The van der Waals surface area contributed by atoms with Crippen molar-refractivity contribution in [3.63, 3.8) is 0 Å². The molecule has 2 aromatic carbocycles. The van der Waals surface area contributed by atoms with Gasteiger partial charge in [0, 0.05) is 19.2 Å². The number of alkyl carbamates (subject to hydrolysis) is 1. The molecule has 0 aromatic heterocycles. The second-order valence-corrected chi connectivity index (χ2v) is 7.78. The van der Waals surface area contributed by atoms with E-state index in [9.17, 15) is 10.1 Å². The number of carbonyl (C=O) groups excluding carboxylic acids is 1. The van der Waals surface area contributed by atoms with Crippen LogP contribution in [0.1, 0.15) is 32.8 Å². The predicted molar refractivity (Wildman–Crippen MR) is 108 cm³/mol. The van der Waals surface area contributed by atoms with Gasteiger partial charge in [-0.05, 0) is 51.5 Å². The van der Waals surface area contributed by atoms with E-state index in [1.807, 2.05) is 63.2 Å². The Morgan fingerprint density at radius 2 is 1.93 bits per heavy atom. The van der Waals surface area contributed by atoms with Gasteiger partial charge in [0.05, 0.1) is 17.3 Å². The van der Waals surface area contributed by atoms with Crippen LogP contribution in [0.4, 0.5) is 10.5 Å². The van der Waals surface area contributed by atoms with Crippen molar-refractivity contribution in [2.75, 3.05) is 18.0 Å². The molecule has 0 unspecified atom stereocenters. The normalized spacial score (nSPS) is 16.4. The van der Waals surface area contributed by atoms with Gasteiger partial charge in [-0.15, -0.1) is 0 Å². The van der Waals surface area contributed by atoms with Crippen molar-refractivity contribution < 1.29 is 14.3 Å². The SMILES string of the molecule is CC(C)(C)OC(=O)N[C@H]1CCN(c2ccc(Oc3ccccc3)cc2C#N)C1. The Balaban J connectivity index is 1.65. The molecule has 6 nitrogen and oxygen atoms in total. The van der Waals surface area contributed by atoms with Crippen LogP contribution < -0.4 is 15.0 Å². The number of hydrogen-bond acceptors (Lipinski definition) is 5. The van der Waals surface area contributed by atoms with Crippen molar-refractivity contribution in [1.29, 1.82) is 5.26 Å². The van der Waals surface area contributed by atoms with Crippen molar-refractivity contribution in [3.05, 3.63) is 54.1 Å². The molecule has 28 heavy (non-hydrogen) atoms. The van der Waals surface area contributed by atoms with Gasteiger partial charge in [-0.3, -0.25) is 0 Å². The van der Waals surface area contributed by atoms with Crippen LogP contribution in [0.15, 0.2) is 48.5 Å². The highest BCUT2D eigenvalue weighted by Gasteiger charge is 2.27. The molecule has 146 valence electrons. The number of para-hydroxylation sites is 1. The van der Waals surface area contributed by atoms with Crippen LogP contribution in [-0.2, 0) is 4.74 Å². The lowest BCUT2D eigenvalue weighted by atomic mass is 10.1. The number of amides is 1. The molecule has 1 N–H and O–H groups in total. The molecule has 1 aliphatic rings. The Morgan fingerprint density at radius 1 is 1.18 bits per heavy atom. The summed E-state index contributed by atoms with van der Waals surface area (Å²) in [7, 11) is 0.